The number of hydrogen-bond acceptors (Lipinski definition) is 3. The van der Waals surface area contributed by atoms with Gasteiger partial charge in [0.1, 0.15) is 17.0 Å². The number of amides is 1. The summed E-state index contributed by atoms with van der Waals surface area (Å²) in [6.45, 7) is 1.73. The SMILES string of the molecule is CC(C)(F)CNC(=O)C(CC(F)(F)F)c1ccc2[nH]c(C(N)C3CCC(F)(F)CC3)nc2c1F. The summed E-state index contributed by atoms with van der Waals surface area (Å²) in [4.78, 5) is 19.4. The van der Waals surface area contributed by atoms with Crippen LogP contribution in [0.3, 0.4) is 0 Å². The van der Waals surface area contributed by atoms with Crippen molar-refractivity contribution < 1.29 is 35.5 Å². The molecule has 2 unspecified atom stereocenters. The Hall–Kier alpha value is -2.37. The molecule has 0 spiro atoms. The summed E-state index contributed by atoms with van der Waals surface area (Å²) in [5.41, 5.74) is 3.59. The van der Waals surface area contributed by atoms with Crippen molar-refractivity contribution in [1.29, 1.82) is 0 Å². The molecule has 2 aromatic rings. The maximum atomic E-state index is 15.3. The molecule has 4 N–H and O–H groups in total. The zero-order chi connectivity index (χ0) is 25.5. The Morgan fingerprint density at radius 1 is 1.24 bits per heavy atom. The Kier molecular flexibility index (Phi) is 7.22. The highest BCUT2D eigenvalue weighted by molar-refractivity contribution is 5.86. The van der Waals surface area contributed by atoms with Gasteiger partial charge >= 0.3 is 6.18 Å². The molecule has 1 aliphatic carbocycles. The predicted octanol–water partition coefficient (Wildman–Crippen LogP) is 5.43. The van der Waals surface area contributed by atoms with E-state index in [1.807, 2.05) is 0 Å². The number of nitrogens with two attached hydrogens (primary N) is 1. The van der Waals surface area contributed by atoms with Crippen molar-refractivity contribution in [2.24, 2.45) is 11.7 Å². The van der Waals surface area contributed by atoms with Gasteiger partial charge in [-0.25, -0.2) is 22.5 Å². The Labute approximate surface area is 191 Å². The quantitative estimate of drug-likeness (QED) is 0.447. The van der Waals surface area contributed by atoms with E-state index >= 15 is 4.39 Å². The van der Waals surface area contributed by atoms with Crippen LogP contribution in [0.25, 0.3) is 11.0 Å². The molecular weight excluding hydrogens is 469 g/mol. The smallest absolute Gasteiger partial charge is 0.352 e. The van der Waals surface area contributed by atoms with Gasteiger partial charge in [-0.05, 0) is 38.7 Å². The number of rotatable bonds is 7. The minimum atomic E-state index is -4.79. The number of fused-ring (bicyclic) bond motifs is 1. The van der Waals surface area contributed by atoms with E-state index in [0.29, 0.717) is 0 Å². The Balaban J connectivity index is 1.90. The van der Waals surface area contributed by atoms with E-state index in [2.05, 4.69) is 15.3 Å². The van der Waals surface area contributed by atoms with E-state index in [9.17, 15) is 31.1 Å². The van der Waals surface area contributed by atoms with Crippen LogP contribution >= 0.6 is 0 Å². The normalized spacial score (nSPS) is 19.2. The van der Waals surface area contributed by atoms with Gasteiger partial charge in [0.15, 0.2) is 5.82 Å². The lowest BCUT2D eigenvalue weighted by molar-refractivity contribution is -0.148. The Morgan fingerprint density at radius 3 is 2.41 bits per heavy atom. The zero-order valence-electron chi connectivity index (χ0n) is 18.7. The van der Waals surface area contributed by atoms with E-state index in [1.165, 1.54) is 6.07 Å². The second-order valence-electron chi connectivity index (χ2n) is 9.51. The summed E-state index contributed by atoms with van der Waals surface area (Å²) in [5.74, 6) is -7.21. The monoisotopic (exact) mass is 496 g/mol. The van der Waals surface area contributed by atoms with Gasteiger partial charge in [-0.3, -0.25) is 4.79 Å². The van der Waals surface area contributed by atoms with Gasteiger partial charge in [-0.2, -0.15) is 13.2 Å². The van der Waals surface area contributed by atoms with Crippen molar-refractivity contribution in [3.8, 4) is 0 Å². The number of halogens is 7. The third-order valence-electron chi connectivity index (χ3n) is 6.04. The van der Waals surface area contributed by atoms with Crippen molar-refractivity contribution in [3.63, 3.8) is 0 Å². The first-order valence-electron chi connectivity index (χ1n) is 10.9. The third kappa shape index (κ3) is 6.39. The number of nitrogens with one attached hydrogen (secondary N) is 2. The van der Waals surface area contributed by atoms with E-state index in [4.69, 9.17) is 5.73 Å². The maximum Gasteiger partial charge on any atom is 0.390 e. The molecule has 0 aliphatic heterocycles. The largest absolute Gasteiger partial charge is 0.390 e. The summed E-state index contributed by atoms with van der Waals surface area (Å²) < 4.78 is 95.4. The van der Waals surface area contributed by atoms with Crippen LogP contribution in [0.15, 0.2) is 12.1 Å². The predicted molar refractivity (Wildman–Crippen MR) is 111 cm³/mol. The molecule has 1 saturated carbocycles. The second kappa shape index (κ2) is 9.35. The van der Waals surface area contributed by atoms with Gasteiger partial charge in [0.05, 0.1) is 30.4 Å². The lowest BCUT2D eigenvalue weighted by atomic mass is 9.82. The van der Waals surface area contributed by atoms with Crippen molar-refractivity contribution >= 4 is 16.9 Å². The molecule has 1 aromatic carbocycles. The molecule has 1 aromatic heterocycles. The van der Waals surface area contributed by atoms with E-state index in [0.717, 1.165) is 19.9 Å². The van der Waals surface area contributed by atoms with Gasteiger partial charge in [0.25, 0.3) is 0 Å². The highest BCUT2D eigenvalue weighted by atomic mass is 19.4. The van der Waals surface area contributed by atoms with Crippen LogP contribution in [0.4, 0.5) is 30.7 Å². The van der Waals surface area contributed by atoms with E-state index in [-0.39, 0.29) is 48.5 Å². The summed E-state index contributed by atoms with van der Waals surface area (Å²) in [6.07, 6.45) is -6.80. The van der Waals surface area contributed by atoms with Crippen molar-refractivity contribution in [2.75, 3.05) is 6.54 Å². The summed E-state index contributed by atoms with van der Waals surface area (Å²) in [7, 11) is 0. The number of aromatic nitrogens is 2. The molecule has 1 amide bonds. The number of benzene rings is 1. The fourth-order valence-corrected chi connectivity index (χ4v) is 4.14. The number of aromatic amines is 1. The maximum absolute atomic E-state index is 15.3. The molecule has 12 heteroatoms. The highest BCUT2D eigenvalue weighted by Crippen LogP contribution is 2.41. The van der Waals surface area contributed by atoms with E-state index < -0.39 is 60.0 Å². The first-order valence-corrected chi connectivity index (χ1v) is 10.9. The molecule has 0 saturated heterocycles. The standard InChI is InChI=1S/C22H27F7N4O/c1-20(2,24)10-31-19(34)13(9-22(27,28)29)12-3-4-14-17(15(12)23)33-18(32-14)16(30)11-5-7-21(25,26)8-6-11/h3-4,11,13,16H,5-10,30H2,1-2H3,(H,31,34)(H,32,33). The molecule has 0 radical (unpaired) electrons. The fraction of sp³-hybridized carbons (Fsp3) is 0.636. The van der Waals surface area contributed by atoms with Crippen LogP contribution in [0.5, 0.6) is 0 Å². The summed E-state index contributed by atoms with van der Waals surface area (Å²) >= 11 is 0. The first-order chi connectivity index (χ1) is 15.6. The van der Waals surface area contributed by atoms with Crippen molar-refractivity contribution in [3.05, 3.63) is 29.3 Å². The summed E-state index contributed by atoms with van der Waals surface area (Å²) in [5, 5.41) is 2.10. The number of nitrogens with zero attached hydrogens (tertiary/aromatic N) is 1. The average molecular weight is 496 g/mol. The minimum absolute atomic E-state index is 0.122. The van der Waals surface area contributed by atoms with Crippen LogP contribution in [0.2, 0.25) is 0 Å². The molecule has 0 bridgehead atoms. The highest BCUT2D eigenvalue weighted by Gasteiger charge is 2.40. The van der Waals surface area contributed by atoms with Crippen LogP contribution in [-0.2, 0) is 4.79 Å². The first kappa shape index (κ1) is 26.2. The van der Waals surface area contributed by atoms with Crippen LogP contribution in [0, 0.1) is 11.7 Å². The number of carbonyl (C=O) groups is 1. The van der Waals surface area contributed by atoms with Gasteiger partial charge in [0, 0.05) is 18.4 Å². The van der Waals surface area contributed by atoms with E-state index in [1.54, 1.807) is 0 Å². The molecule has 5 nitrogen and oxygen atoms in total. The molecule has 1 fully saturated rings. The lowest BCUT2D eigenvalue weighted by Gasteiger charge is -2.31. The number of alkyl halides is 6. The molecule has 3 rings (SSSR count). The van der Waals surface area contributed by atoms with Crippen LogP contribution < -0.4 is 11.1 Å². The zero-order valence-corrected chi connectivity index (χ0v) is 18.7. The van der Waals surface area contributed by atoms with Gasteiger partial charge < -0.3 is 16.0 Å². The van der Waals surface area contributed by atoms with Gasteiger partial charge in [-0.1, -0.05) is 6.07 Å². The second-order valence-corrected chi connectivity index (χ2v) is 9.51. The van der Waals surface area contributed by atoms with Gasteiger partial charge in [0.2, 0.25) is 11.8 Å². The number of hydrogen-bond donors (Lipinski definition) is 3. The number of H-pyrrole nitrogens is 1. The Morgan fingerprint density at radius 2 is 1.85 bits per heavy atom. The molecular formula is C22H27F7N4O. The van der Waals surface area contributed by atoms with Crippen molar-refractivity contribution in [2.45, 2.75) is 75.7 Å². The fourth-order valence-electron chi connectivity index (χ4n) is 4.14. The Bertz CT molecular complexity index is 1020. The van der Waals surface area contributed by atoms with Crippen LogP contribution in [0.1, 0.15) is 69.3 Å². The van der Waals surface area contributed by atoms with Crippen LogP contribution in [-0.4, -0.2) is 40.2 Å². The topological polar surface area (TPSA) is 83.8 Å². The average Bonchev–Trinajstić information content (AvgIpc) is 3.14. The molecule has 1 aliphatic rings. The molecule has 190 valence electrons. The molecule has 2 atom stereocenters. The van der Waals surface area contributed by atoms with Crippen molar-refractivity contribution in [1.82, 2.24) is 15.3 Å². The molecule has 34 heavy (non-hydrogen) atoms. The van der Waals surface area contributed by atoms with Gasteiger partial charge in [-0.15, -0.1) is 0 Å². The molecule has 1 heterocycles. The lowest BCUT2D eigenvalue weighted by Crippen LogP contribution is -2.39. The minimum Gasteiger partial charge on any atom is -0.352 e. The number of imidazole rings is 1. The summed E-state index contributed by atoms with van der Waals surface area (Å²) in [6, 6.07) is 1.53. The third-order valence-corrected chi connectivity index (χ3v) is 6.04. The number of carbonyl (C=O) groups excluding carboxylic acids is 1.